The van der Waals surface area contributed by atoms with Gasteiger partial charge in [-0.1, -0.05) is 33.1 Å². The highest BCUT2D eigenvalue weighted by Gasteiger charge is 2.35. The predicted octanol–water partition coefficient (Wildman–Crippen LogP) is 3.82. The van der Waals surface area contributed by atoms with Gasteiger partial charge >= 0.3 is 0 Å². The van der Waals surface area contributed by atoms with Crippen LogP contribution >= 0.6 is 0 Å². The zero-order valence-electron chi connectivity index (χ0n) is 10.2. The Bertz CT molecular complexity index is 233. The highest BCUT2D eigenvalue weighted by molar-refractivity contribution is 5.84. The Labute approximate surface area is 93.6 Å². The molecule has 2 fully saturated rings. The van der Waals surface area contributed by atoms with E-state index in [1.54, 1.807) is 0 Å². The van der Waals surface area contributed by atoms with Crippen molar-refractivity contribution < 1.29 is 4.79 Å². The molecular weight excluding hydrogens is 184 g/mol. The smallest absolute Gasteiger partial charge is 0.139 e. The lowest BCUT2D eigenvalue weighted by Gasteiger charge is -2.28. The zero-order chi connectivity index (χ0) is 10.8. The third kappa shape index (κ3) is 2.43. The molecule has 4 unspecified atom stereocenters. The number of ketones is 1. The fraction of sp³-hybridized carbons (Fsp3) is 0.929. The maximum atomic E-state index is 12.4. The molecule has 0 radical (unpaired) electrons. The van der Waals surface area contributed by atoms with Crippen LogP contribution in [0.15, 0.2) is 0 Å². The van der Waals surface area contributed by atoms with Gasteiger partial charge in [0.15, 0.2) is 0 Å². The minimum Gasteiger partial charge on any atom is -0.299 e. The van der Waals surface area contributed by atoms with Crippen LogP contribution in [0.5, 0.6) is 0 Å². The highest BCUT2D eigenvalue weighted by Crippen LogP contribution is 2.38. The molecule has 86 valence electrons. The molecule has 0 spiro atoms. The van der Waals surface area contributed by atoms with Crippen molar-refractivity contribution in [2.24, 2.45) is 23.7 Å². The van der Waals surface area contributed by atoms with Crippen molar-refractivity contribution in [1.82, 2.24) is 0 Å². The Balaban J connectivity index is 1.94. The van der Waals surface area contributed by atoms with Crippen molar-refractivity contribution in [2.75, 3.05) is 0 Å². The molecule has 0 amide bonds. The third-order valence-electron chi connectivity index (χ3n) is 4.57. The second kappa shape index (κ2) is 4.67. The zero-order valence-corrected chi connectivity index (χ0v) is 10.2. The van der Waals surface area contributed by atoms with E-state index < -0.39 is 0 Å². The Hall–Kier alpha value is -0.330. The maximum Gasteiger partial charge on any atom is 0.139 e. The first-order valence-electron chi connectivity index (χ1n) is 6.72. The summed E-state index contributed by atoms with van der Waals surface area (Å²) in [6.07, 6.45) is 8.68. The summed E-state index contributed by atoms with van der Waals surface area (Å²) >= 11 is 0. The van der Waals surface area contributed by atoms with Crippen LogP contribution < -0.4 is 0 Å². The van der Waals surface area contributed by atoms with Gasteiger partial charge in [-0.05, 0) is 37.5 Å². The van der Waals surface area contributed by atoms with Crippen molar-refractivity contribution in [2.45, 2.75) is 58.8 Å². The van der Waals surface area contributed by atoms with Gasteiger partial charge in [0.2, 0.25) is 0 Å². The SMILES string of the molecule is CC1CCCC(C(=O)C2CCCC2C)C1. The summed E-state index contributed by atoms with van der Waals surface area (Å²) in [7, 11) is 0. The molecule has 4 atom stereocenters. The molecule has 0 bridgehead atoms. The molecule has 2 rings (SSSR count). The lowest BCUT2D eigenvalue weighted by Crippen LogP contribution is -2.29. The number of Topliss-reactive ketones (excluding diaryl/α,β-unsaturated/α-hetero) is 1. The number of carbonyl (C=O) groups excluding carboxylic acids is 1. The molecule has 0 aliphatic heterocycles. The first-order valence-corrected chi connectivity index (χ1v) is 6.72. The first-order chi connectivity index (χ1) is 7.18. The van der Waals surface area contributed by atoms with Gasteiger partial charge in [0.05, 0.1) is 0 Å². The molecule has 15 heavy (non-hydrogen) atoms. The summed E-state index contributed by atoms with van der Waals surface area (Å²) in [5.41, 5.74) is 0. The van der Waals surface area contributed by atoms with E-state index in [4.69, 9.17) is 0 Å². The second-order valence-electron chi connectivity index (χ2n) is 5.89. The molecule has 0 heterocycles. The molecule has 0 aromatic heterocycles. The standard InChI is InChI=1S/C14H24O/c1-10-5-3-7-12(9-10)14(15)13-8-4-6-11(13)2/h10-13H,3-9H2,1-2H3. The van der Waals surface area contributed by atoms with Gasteiger partial charge in [-0.15, -0.1) is 0 Å². The van der Waals surface area contributed by atoms with Gasteiger partial charge in [-0.25, -0.2) is 0 Å². The molecule has 1 nitrogen and oxygen atoms in total. The molecular formula is C14H24O. The topological polar surface area (TPSA) is 17.1 Å². The van der Waals surface area contributed by atoms with Crippen LogP contribution in [0.1, 0.15) is 58.8 Å². The maximum absolute atomic E-state index is 12.4. The number of hydrogen-bond acceptors (Lipinski definition) is 1. The predicted molar refractivity (Wildman–Crippen MR) is 62.6 cm³/mol. The van der Waals surface area contributed by atoms with Crippen LogP contribution in [0.4, 0.5) is 0 Å². The molecule has 0 aromatic carbocycles. The van der Waals surface area contributed by atoms with Crippen LogP contribution in [0.2, 0.25) is 0 Å². The number of hydrogen-bond donors (Lipinski definition) is 0. The van der Waals surface area contributed by atoms with Gasteiger partial charge in [0.1, 0.15) is 5.78 Å². The van der Waals surface area contributed by atoms with E-state index in [2.05, 4.69) is 13.8 Å². The van der Waals surface area contributed by atoms with Gasteiger partial charge in [-0.3, -0.25) is 4.79 Å². The van der Waals surface area contributed by atoms with Crippen molar-refractivity contribution in [3.63, 3.8) is 0 Å². The third-order valence-corrected chi connectivity index (χ3v) is 4.57. The van der Waals surface area contributed by atoms with Crippen molar-refractivity contribution in [3.8, 4) is 0 Å². The van der Waals surface area contributed by atoms with Gasteiger partial charge in [-0.2, -0.15) is 0 Å². The summed E-state index contributed by atoms with van der Waals surface area (Å²) in [5.74, 6) is 2.89. The molecule has 1 heteroatoms. The molecule has 2 aliphatic rings. The minimum atomic E-state index is 0.416. The van der Waals surface area contributed by atoms with E-state index in [0.717, 1.165) is 5.92 Å². The number of carbonyl (C=O) groups is 1. The van der Waals surface area contributed by atoms with Crippen LogP contribution in [-0.2, 0) is 4.79 Å². The largest absolute Gasteiger partial charge is 0.299 e. The van der Waals surface area contributed by atoms with Crippen LogP contribution in [-0.4, -0.2) is 5.78 Å². The second-order valence-corrected chi connectivity index (χ2v) is 5.89. The average molecular weight is 208 g/mol. The normalized spacial score (nSPS) is 41.7. The van der Waals surface area contributed by atoms with E-state index in [1.807, 2.05) is 0 Å². The lowest BCUT2D eigenvalue weighted by molar-refractivity contribution is -0.129. The molecule has 2 aliphatic carbocycles. The summed E-state index contributed by atoms with van der Waals surface area (Å²) in [4.78, 5) is 12.4. The Morgan fingerprint density at radius 2 is 1.73 bits per heavy atom. The molecule has 0 saturated heterocycles. The van der Waals surface area contributed by atoms with E-state index in [9.17, 15) is 4.79 Å². The van der Waals surface area contributed by atoms with Gasteiger partial charge < -0.3 is 0 Å². The van der Waals surface area contributed by atoms with Crippen molar-refractivity contribution in [1.29, 1.82) is 0 Å². The Morgan fingerprint density at radius 1 is 1.00 bits per heavy atom. The molecule has 0 N–H and O–H groups in total. The quantitative estimate of drug-likeness (QED) is 0.674. The molecule has 2 saturated carbocycles. The van der Waals surface area contributed by atoms with E-state index in [-0.39, 0.29) is 0 Å². The van der Waals surface area contributed by atoms with Gasteiger partial charge in [0.25, 0.3) is 0 Å². The Kier molecular flexibility index (Phi) is 3.48. The van der Waals surface area contributed by atoms with Crippen molar-refractivity contribution in [3.05, 3.63) is 0 Å². The molecule has 0 aromatic rings. The summed E-state index contributed by atoms with van der Waals surface area (Å²) in [5, 5.41) is 0. The van der Waals surface area contributed by atoms with Crippen LogP contribution in [0, 0.1) is 23.7 Å². The van der Waals surface area contributed by atoms with E-state index in [0.29, 0.717) is 23.5 Å². The van der Waals surface area contributed by atoms with Crippen LogP contribution in [0.25, 0.3) is 0 Å². The summed E-state index contributed by atoms with van der Waals surface area (Å²) < 4.78 is 0. The van der Waals surface area contributed by atoms with E-state index >= 15 is 0 Å². The lowest BCUT2D eigenvalue weighted by atomic mass is 9.75. The van der Waals surface area contributed by atoms with Crippen LogP contribution in [0.3, 0.4) is 0 Å². The monoisotopic (exact) mass is 208 g/mol. The van der Waals surface area contributed by atoms with E-state index in [1.165, 1.54) is 44.9 Å². The van der Waals surface area contributed by atoms with Gasteiger partial charge in [0, 0.05) is 11.8 Å². The first kappa shape index (κ1) is 11.2. The highest BCUT2D eigenvalue weighted by atomic mass is 16.1. The summed E-state index contributed by atoms with van der Waals surface area (Å²) in [6, 6.07) is 0. The Morgan fingerprint density at radius 3 is 2.33 bits per heavy atom. The van der Waals surface area contributed by atoms with Crippen molar-refractivity contribution >= 4 is 5.78 Å². The minimum absolute atomic E-state index is 0.416. The number of rotatable bonds is 2. The fourth-order valence-corrected chi connectivity index (χ4v) is 3.56. The summed E-state index contributed by atoms with van der Waals surface area (Å²) in [6.45, 7) is 4.57. The fourth-order valence-electron chi connectivity index (χ4n) is 3.56. The average Bonchev–Trinajstić information content (AvgIpc) is 2.63.